The van der Waals surface area contributed by atoms with Gasteiger partial charge < -0.3 is 22.2 Å². The van der Waals surface area contributed by atoms with E-state index < -0.39 is 0 Å². The third-order valence-corrected chi connectivity index (χ3v) is 2.67. The van der Waals surface area contributed by atoms with E-state index in [2.05, 4.69) is 20.0 Å². The number of fused-ring (bicyclic) bond motifs is 1. The Balaban J connectivity index is 2.66. The number of rotatable bonds is 1. The number of aromatic amines is 1. The molecule has 1 aromatic heterocycles. The van der Waals surface area contributed by atoms with Crippen LogP contribution in [0.15, 0.2) is 22.4 Å². The minimum atomic E-state index is -0.125. The first kappa shape index (κ1) is 11.9. The molecular weight excluding hydrogens is 230 g/mol. The van der Waals surface area contributed by atoms with E-state index in [9.17, 15) is 0 Å². The van der Waals surface area contributed by atoms with E-state index in [4.69, 9.17) is 17.2 Å². The van der Waals surface area contributed by atoms with Gasteiger partial charge in [-0.15, -0.1) is 0 Å². The molecule has 0 aliphatic carbocycles. The van der Waals surface area contributed by atoms with E-state index in [0.717, 1.165) is 22.2 Å². The van der Waals surface area contributed by atoms with E-state index >= 15 is 0 Å². The zero-order valence-electron chi connectivity index (χ0n) is 10.2. The van der Waals surface area contributed by atoms with Crippen LogP contribution in [0.3, 0.4) is 0 Å². The number of imidazole rings is 1. The molecule has 0 fully saturated rings. The molecule has 2 rings (SSSR count). The normalized spacial score (nSPS) is 11.8. The number of nitrogens with two attached hydrogens (primary N) is 3. The summed E-state index contributed by atoms with van der Waals surface area (Å²) in [6.07, 6.45) is 1.61. The molecule has 0 atom stereocenters. The number of nitrogens with one attached hydrogen (secondary N) is 1. The number of aliphatic imine (C=N–C) groups is 2. The molecule has 0 radical (unpaired) electrons. The number of hydrogen-bond acceptors (Lipinski definition) is 2. The Morgan fingerprint density at radius 3 is 2.67 bits per heavy atom. The molecule has 2 aromatic rings. The van der Waals surface area contributed by atoms with Gasteiger partial charge in [-0.05, 0) is 31.0 Å². The number of aryl methyl sites for hydroxylation is 1. The number of aromatic nitrogens is 2. The number of H-pyrrole nitrogens is 1. The van der Waals surface area contributed by atoms with Gasteiger partial charge in [0.1, 0.15) is 5.52 Å². The molecule has 1 aromatic carbocycles. The van der Waals surface area contributed by atoms with Crippen molar-refractivity contribution in [3.8, 4) is 0 Å². The van der Waals surface area contributed by atoms with Gasteiger partial charge in [0.15, 0.2) is 5.96 Å². The van der Waals surface area contributed by atoms with Gasteiger partial charge in [-0.3, -0.25) is 0 Å². The van der Waals surface area contributed by atoms with Crippen LogP contribution in [-0.4, -0.2) is 21.9 Å². The van der Waals surface area contributed by atoms with Crippen LogP contribution in [0.25, 0.3) is 11.0 Å². The molecule has 0 saturated heterocycles. The summed E-state index contributed by atoms with van der Waals surface area (Å²) in [4.78, 5) is 15.2. The van der Waals surface area contributed by atoms with E-state index in [-0.39, 0.29) is 11.9 Å². The van der Waals surface area contributed by atoms with Gasteiger partial charge in [0.05, 0.1) is 17.5 Å². The van der Waals surface area contributed by atoms with Crippen LogP contribution in [0.4, 0.5) is 5.69 Å². The first-order valence-corrected chi connectivity index (χ1v) is 5.36. The highest BCUT2D eigenvalue weighted by Crippen LogP contribution is 2.30. The Hall–Kier alpha value is -2.57. The van der Waals surface area contributed by atoms with Crippen molar-refractivity contribution in [2.45, 2.75) is 13.8 Å². The van der Waals surface area contributed by atoms with E-state index in [1.807, 2.05) is 19.9 Å². The van der Waals surface area contributed by atoms with Crippen LogP contribution in [0, 0.1) is 13.8 Å². The topological polar surface area (TPSA) is 131 Å². The molecule has 7 nitrogen and oxygen atoms in total. The van der Waals surface area contributed by atoms with Gasteiger partial charge in [-0.2, -0.15) is 4.99 Å². The Morgan fingerprint density at radius 1 is 1.28 bits per heavy atom. The van der Waals surface area contributed by atoms with Gasteiger partial charge in [0.2, 0.25) is 5.96 Å². The highest BCUT2D eigenvalue weighted by molar-refractivity contribution is 5.97. The number of guanidine groups is 2. The smallest absolute Gasteiger partial charge is 0.223 e. The molecule has 0 spiro atoms. The molecule has 94 valence electrons. The lowest BCUT2D eigenvalue weighted by molar-refractivity contribution is 1.30. The van der Waals surface area contributed by atoms with Crippen molar-refractivity contribution in [3.05, 3.63) is 23.5 Å². The summed E-state index contributed by atoms with van der Waals surface area (Å²) in [6, 6.07) is 2.01. The fraction of sp³-hybridized carbons (Fsp3) is 0.182. The van der Waals surface area contributed by atoms with Crippen LogP contribution in [-0.2, 0) is 0 Å². The molecule has 1 heterocycles. The average Bonchev–Trinajstić information content (AvgIpc) is 2.71. The minimum absolute atomic E-state index is 0.00741. The van der Waals surface area contributed by atoms with E-state index in [0.29, 0.717) is 5.69 Å². The predicted molar refractivity (Wildman–Crippen MR) is 72.7 cm³/mol. The molecule has 0 bridgehead atoms. The van der Waals surface area contributed by atoms with Crippen molar-refractivity contribution in [1.82, 2.24) is 9.97 Å². The quantitative estimate of drug-likeness (QED) is 0.427. The SMILES string of the molecule is Cc1cc2[nH]cnc2c(N=C(N)N=C(N)N)c1C. The first-order chi connectivity index (χ1) is 8.49. The van der Waals surface area contributed by atoms with Crippen LogP contribution in [0.5, 0.6) is 0 Å². The van der Waals surface area contributed by atoms with Gasteiger partial charge in [0.25, 0.3) is 0 Å². The van der Waals surface area contributed by atoms with Crippen molar-refractivity contribution >= 4 is 28.6 Å². The fourth-order valence-corrected chi connectivity index (χ4v) is 1.70. The molecule has 18 heavy (non-hydrogen) atoms. The lowest BCUT2D eigenvalue weighted by Crippen LogP contribution is -2.26. The molecule has 7 heteroatoms. The van der Waals surface area contributed by atoms with Crippen LogP contribution in [0.2, 0.25) is 0 Å². The average molecular weight is 245 g/mol. The minimum Gasteiger partial charge on any atom is -0.370 e. The summed E-state index contributed by atoms with van der Waals surface area (Å²) < 4.78 is 0. The maximum Gasteiger partial charge on any atom is 0.223 e. The maximum atomic E-state index is 5.65. The van der Waals surface area contributed by atoms with Gasteiger partial charge in [-0.25, -0.2) is 9.98 Å². The summed E-state index contributed by atoms with van der Waals surface area (Å²) >= 11 is 0. The van der Waals surface area contributed by atoms with Gasteiger partial charge in [-0.1, -0.05) is 0 Å². The molecule has 0 saturated carbocycles. The van der Waals surface area contributed by atoms with Crippen molar-refractivity contribution in [2.75, 3.05) is 0 Å². The molecule has 0 unspecified atom stereocenters. The first-order valence-electron chi connectivity index (χ1n) is 5.36. The van der Waals surface area contributed by atoms with Crippen LogP contribution in [0.1, 0.15) is 11.1 Å². The third kappa shape index (κ3) is 2.10. The summed E-state index contributed by atoms with van der Waals surface area (Å²) in [6.45, 7) is 3.94. The number of nitrogens with zero attached hydrogens (tertiary/aromatic N) is 3. The monoisotopic (exact) mass is 245 g/mol. The number of hydrogen-bond donors (Lipinski definition) is 4. The number of benzene rings is 1. The Labute approximate surface area is 104 Å². The van der Waals surface area contributed by atoms with Gasteiger partial charge in [0, 0.05) is 0 Å². The standard InChI is InChI=1S/C11H15N7/c1-5-3-7-9(16-4-15-7)8(6(5)2)17-11(14)18-10(12)13/h3-4H,1-2H3,(H,15,16)(H6,12,13,14,17,18). The Morgan fingerprint density at radius 2 is 2.00 bits per heavy atom. The van der Waals surface area contributed by atoms with Crippen LogP contribution >= 0.6 is 0 Å². The summed E-state index contributed by atoms with van der Waals surface area (Å²) in [5.74, 6) is -0.118. The highest BCUT2D eigenvalue weighted by atomic mass is 15.1. The van der Waals surface area contributed by atoms with Gasteiger partial charge >= 0.3 is 0 Å². The molecule has 0 aliphatic heterocycles. The second kappa shape index (κ2) is 4.36. The molecular formula is C11H15N7. The fourth-order valence-electron chi connectivity index (χ4n) is 1.70. The zero-order chi connectivity index (χ0) is 13.3. The van der Waals surface area contributed by atoms with Crippen molar-refractivity contribution in [1.29, 1.82) is 0 Å². The molecule has 0 aliphatic rings. The predicted octanol–water partition coefficient (Wildman–Crippen LogP) is 0.399. The second-order valence-corrected chi connectivity index (χ2v) is 3.97. The Kier molecular flexibility index (Phi) is 2.88. The van der Waals surface area contributed by atoms with Crippen molar-refractivity contribution in [3.63, 3.8) is 0 Å². The second-order valence-electron chi connectivity index (χ2n) is 3.97. The molecule has 0 amide bonds. The zero-order valence-corrected chi connectivity index (χ0v) is 10.2. The van der Waals surface area contributed by atoms with Crippen molar-refractivity contribution < 1.29 is 0 Å². The largest absolute Gasteiger partial charge is 0.370 e. The van der Waals surface area contributed by atoms with E-state index in [1.54, 1.807) is 6.33 Å². The lowest BCUT2D eigenvalue weighted by atomic mass is 10.1. The van der Waals surface area contributed by atoms with Crippen LogP contribution < -0.4 is 17.2 Å². The maximum absolute atomic E-state index is 5.65. The summed E-state index contributed by atoms with van der Waals surface area (Å²) in [5.41, 5.74) is 20.5. The molecule has 7 N–H and O–H groups in total. The van der Waals surface area contributed by atoms with Crippen molar-refractivity contribution in [2.24, 2.45) is 27.2 Å². The lowest BCUT2D eigenvalue weighted by Gasteiger charge is -2.05. The third-order valence-electron chi connectivity index (χ3n) is 2.67. The summed E-state index contributed by atoms with van der Waals surface area (Å²) in [7, 11) is 0. The Bertz CT molecular complexity index is 647. The summed E-state index contributed by atoms with van der Waals surface area (Å²) in [5, 5.41) is 0. The van der Waals surface area contributed by atoms with E-state index in [1.165, 1.54) is 0 Å². The highest BCUT2D eigenvalue weighted by Gasteiger charge is 2.09.